The van der Waals surface area contributed by atoms with Crippen molar-refractivity contribution in [1.29, 1.82) is 0 Å². The van der Waals surface area contributed by atoms with Crippen molar-refractivity contribution in [3.63, 3.8) is 0 Å². The van der Waals surface area contributed by atoms with Crippen LogP contribution < -0.4 is 4.74 Å². The lowest BCUT2D eigenvalue weighted by molar-refractivity contribution is -0.169. The quantitative estimate of drug-likeness (QED) is 0.609. The summed E-state index contributed by atoms with van der Waals surface area (Å²) in [7, 11) is 1.59. The second-order valence-corrected chi connectivity index (χ2v) is 7.29. The van der Waals surface area contributed by atoms with Crippen LogP contribution in [0.3, 0.4) is 0 Å². The zero-order chi connectivity index (χ0) is 19.3. The van der Waals surface area contributed by atoms with Gasteiger partial charge in [0.05, 0.1) is 19.6 Å². The first-order valence-corrected chi connectivity index (χ1v) is 9.41. The summed E-state index contributed by atoms with van der Waals surface area (Å²) in [6, 6.07) is 7.28. The van der Waals surface area contributed by atoms with E-state index in [1.165, 1.54) is 0 Å². The van der Waals surface area contributed by atoms with Crippen molar-refractivity contribution in [1.82, 2.24) is 0 Å². The third kappa shape index (κ3) is 4.69. The van der Waals surface area contributed by atoms with E-state index in [2.05, 4.69) is 0 Å². The monoisotopic (exact) mass is 374 g/mol. The fourth-order valence-electron chi connectivity index (χ4n) is 3.60. The molecular weight excluding hydrogens is 348 g/mol. The van der Waals surface area contributed by atoms with Gasteiger partial charge in [-0.15, -0.1) is 0 Å². The van der Waals surface area contributed by atoms with Crippen LogP contribution in [0.2, 0.25) is 0 Å². The van der Waals surface area contributed by atoms with Gasteiger partial charge < -0.3 is 19.3 Å². The van der Waals surface area contributed by atoms with Crippen LogP contribution in [0.25, 0.3) is 6.08 Å². The normalized spacial score (nSPS) is 24.7. The van der Waals surface area contributed by atoms with Crippen LogP contribution in [0.4, 0.5) is 0 Å². The minimum Gasteiger partial charge on any atom is -0.497 e. The van der Waals surface area contributed by atoms with Gasteiger partial charge in [0.25, 0.3) is 0 Å². The molecule has 146 valence electrons. The smallest absolute Gasteiger partial charge is 0.334 e. The van der Waals surface area contributed by atoms with Crippen LogP contribution >= 0.6 is 0 Å². The number of esters is 2. The fourth-order valence-corrected chi connectivity index (χ4v) is 3.60. The molecule has 6 nitrogen and oxygen atoms in total. The Hall–Kier alpha value is -2.34. The van der Waals surface area contributed by atoms with Gasteiger partial charge in [-0.05, 0) is 36.6 Å². The summed E-state index contributed by atoms with van der Waals surface area (Å²) >= 11 is 0. The van der Waals surface area contributed by atoms with Gasteiger partial charge in [0.1, 0.15) is 12.4 Å². The van der Waals surface area contributed by atoms with Gasteiger partial charge in [-0.25, -0.2) is 4.79 Å². The summed E-state index contributed by atoms with van der Waals surface area (Å²) in [6.45, 7) is -0.513. The molecule has 2 aliphatic rings. The largest absolute Gasteiger partial charge is 0.497 e. The lowest BCUT2D eigenvalue weighted by atomic mass is 9.89. The Labute approximate surface area is 159 Å². The molecular formula is C21H26O6. The van der Waals surface area contributed by atoms with Crippen LogP contribution in [-0.2, 0) is 19.1 Å². The van der Waals surface area contributed by atoms with Crippen molar-refractivity contribution in [3.05, 3.63) is 35.4 Å². The number of aliphatic hydroxyl groups is 1. The van der Waals surface area contributed by atoms with Crippen LogP contribution in [-0.4, -0.2) is 43.0 Å². The van der Waals surface area contributed by atoms with Crippen molar-refractivity contribution >= 4 is 18.0 Å². The molecule has 3 rings (SSSR count). The first-order chi connectivity index (χ1) is 13.0. The molecule has 1 saturated carbocycles. The topological polar surface area (TPSA) is 82.1 Å². The van der Waals surface area contributed by atoms with Crippen molar-refractivity contribution in [3.8, 4) is 5.75 Å². The summed E-state index contributed by atoms with van der Waals surface area (Å²) in [5, 5.41) is 9.80. The summed E-state index contributed by atoms with van der Waals surface area (Å²) in [5.74, 6) is -0.105. The second kappa shape index (κ2) is 8.57. The Balaban J connectivity index is 1.64. The molecule has 1 saturated heterocycles. The van der Waals surface area contributed by atoms with Crippen molar-refractivity contribution < 1.29 is 28.9 Å². The van der Waals surface area contributed by atoms with E-state index in [4.69, 9.17) is 14.2 Å². The van der Waals surface area contributed by atoms with Gasteiger partial charge >= 0.3 is 11.9 Å². The van der Waals surface area contributed by atoms with Crippen LogP contribution in [0, 0.1) is 5.92 Å². The summed E-state index contributed by atoms with van der Waals surface area (Å²) in [5.41, 5.74) is 0.0818. The number of carbonyl (C=O) groups excluding carboxylic acids is 2. The highest BCUT2D eigenvalue weighted by Gasteiger charge is 2.45. The first-order valence-electron chi connectivity index (χ1n) is 9.41. The van der Waals surface area contributed by atoms with Crippen molar-refractivity contribution in [2.24, 2.45) is 5.92 Å². The zero-order valence-corrected chi connectivity index (χ0v) is 15.6. The Kier molecular flexibility index (Phi) is 6.16. The molecule has 0 aromatic heterocycles. The maximum absolute atomic E-state index is 12.3. The number of cyclic esters (lactones) is 1. The number of benzene rings is 1. The number of hydrogen-bond donors (Lipinski definition) is 1. The highest BCUT2D eigenvalue weighted by molar-refractivity contribution is 5.96. The predicted octanol–water partition coefficient (Wildman–Crippen LogP) is 2.88. The molecule has 1 atom stereocenters. The molecule has 1 aliphatic heterocycles. The maximum atomic E-state index is 12.3. The SMILES string of the molecule is COc1ccc(/C=C2\CC(CO)(COC(=O)C3CCCCC3)OC2=O)cc1. The van der Waals surface area contributed by atoms with E-state index in [1.54, 1.807) is 25.3 Å². The minimum absolute atomic E-state index is 0.0825. The molecule has 0 bridgehead atoms. The molecule has 0 spiro atoms. The average molecular weight is 374 g/mol. The minimum atomic E-state index is -1.19. The molecule has 0 radical (unpaired) electrons. The predicted molar refractivity (Wildman–Crippen MR) is 99.0 cm³/mol. The van der Waals surface area contributed by atoms with Gasteiger partial charge in [-0.3, -0.25) is 4.79 Å². The van der Waals surface area contributed by atoms with E-state index in [9.17, 15) is 14.7 Å². The summed E-state index contributed by atoms with van der Waals surface area (Å²) < 4.78 is 15.9. The van der Waals surface area contributed by atoms with Gasteiger partial charge in [-0.2, -0.15) is 0 Å². The lowest BCUT2D eigenvalue weighted by Gasteiger charge is -2.26. The van der Waals surface area contributed by atoms with E-state index in [0.717, 1.165) is 43.4 Å². The van der Waals surface area contributed by atoms with E-state index in [1.807, 2.05) is 12.1 Å². The zero-order valence-electron chi connectivity index (χ0n) is 15.6. The Morgan fingerprint density at radius 2 is 1.96 bits per heavy atom. The number of aliphatic hydroxyl groups excluding tert-OH is 1. The van der Waals surface area contributed by atoms with Gasteiger partial charge in [-0.1, -0.05) is 31.4 Å². The van der Waals surface area contributed by atoms with E-state index in [-0.39, 0.29) is 24.9 Å². The standard InChI is InChI=1S/C21H26O6/c1-25-18-9-7-15(8-10-18)11-17-12-21(13-22,27-20(17)24)14-26-19(23)16-5-3-2-4-6-16/h7-11,16,22H,2-6,12-14H2,1H3/b17-11+. The highest BCUT2D eigenvalue weighted by atomic mass is 16.6. The van der Waals surface area contributed by atoms with Crippen molar-refractivity contribution in [2.75, 3.05) is 20.3 Å². The maximum Gasteiger partial charge on any atom is 0.334 e. The molecule has 1 unspecified atom stereocenters. The molecule has 1 aliphatic carbocycles. The number of carbonyl (C=O) groups is 2. The second-order valence-electron chi connectivity index (χ2n) is 7.29. The molecule has 1 N–H and O–H groups in total. The third-order valence-electron chi connectivity index (χ3n) is 5.24. The van der Waals surface area contributed by atoms with Crippen LogP contribution in [0.15, 0.2) is 29.8 Å². The molecule has 1 aromatic carbocycles. The number of methoxy groups -OCH3 is 1. The summed E-state index contributed by atoms with van der Waals surface area (Å²) in [4.78, 5) is 24.5. The molecule has 1 aromatic rings. The van der Waals surface area contributed by atoms with Gasteiger partial charge in [0.2, 0.25) is 0 Å². The van der Waals surface area contributed by atoms with Gasteiger partial charge in [0, 0.05) is 12.0 Å². The Morgan fingerprint density at radius 1 is 1.26 bits per heavy atom. The molecule has 27 heavy (non-hydrogen) atoms. The van der Waals surface area contributed by atoms with Crippen LogP contribution in [0.5, 0.6) is 5.75 Å². The molecule has 6 heteroatoms. The number of ether oxygens (including phenoxy) is 3. The van der Waals surface area contributed by atoms with E-state index in [0.29, 0.717) is 5.57 Å². The van der Waals surface area contributed by atoms with Crippen molar-refractivity contribution in [2.45, 2.75) is 44.1 Å². The Bertz CT molecular complexity index is 702. The highest BCUT2D eigenvalue weighted by Crippen LogP contribution is 2.33. The van der Waals surface area contributed by atoms with E-state index < -0.39 is 18.2 Å². The third-order valence-corrected chi connectivity index (χ3v) is 5.24. The average Bonchev–Trinajstić information content (AvgIpc) is 3.03. The molecule has 0 amide bonds. The fraction of sp³-hybridized carbons (Fsp3) is 0.524. The molecule has 2 fully saturated rings. The first kappa shape index (κ1) is 19.4. The lowest BCUT2D eigenvalue weighted by Crippen LogP contribution is -2.40. The summed E-state index contributed by atoms with van der Waals surface area (Å²) in [6.07, 6.45) is 6.83. The molecule has 1 heterocycles. The van der Waals surface area contributed by atoms with Crippen LogP contribution in [0.1, 0.15) is 44.1 Å². The number of rotatable bonds is 6. The Morgan fingerprint density at radius 3 is 2.59 bits per heavy atom. The number of hydrogen-bond acceptors (Lipinski definition) is 6. The van der Waals surface area contributed by atoms with E-state index >= 15 is 0 Å². The van der Waals surface area contributed by atoms with Gasteiger partial charge in [0.15, 0.2) is 5.60 Å².